The summed E-state index contributed by atoms with van der Waals surface area (Å²) in [4.78, 5) is 30.2. The third-order valence-electron chi connectivity index (χ3n) is 5.01. The van der Waals surface area contributed by atoms with Gasteiger partial charge in [-0.25, -0.2) is 4.79 Å². The first-order valence-electron chi connectivity index (χ1n) is 9.60. The number of carboxylic acids is 1. The second-order valence-electron chi connectivity index (χ2n) is 7.37. The standard InChI is InChI=1S/C23H22N2O4/c1-25(13-15-6-10-17(11-7-15)29-14-22(26)27)23(28)19-12-21(16-8-9-16)24-20-5-3-2-4-18(19)20/h2-7,10-12,16H,8-9,13-14H2,1H3,(H,26,27). The first-order valence-corrected chi connectivity index (χ1v) is 9.60. The van der Waals surface area contributed by atoms with Gasteiger partial charge in [0.2, 0.25) is 0 Å². The lowest BCUT2D eigenvalue weighted by molar-refractivity contribution is -0.139. The molecule has 3 aromatic rings. The molecule has 29 heavy (non-hydrogen) atoms. The Kier molecular flexibility index (Phi) is 5.16. The zero-order chi connectivity index (χ0) is 20.4. The van der Waals surface area contributed by atoms with Gasteiger partial charge in [0.15, 0.2) is 6.61 Å². The number of carboxylic acid groups (broad SMARTS) is 1. The number of benzene rings is 2. The van der Waals surface area contributed by atoms with Crippen molar-refractivity contribution in [3.63, 3.8) is 0 Å². The van der Waals surface area contributed by atoms with Crippen molar-refractivity contribution >= 4 is 22.8 Å². The van der Waals surface area contributed by atoms with Gasteiger partial charge in [-0.05, 0) is 42.7 Å². The van der Waals surface area contributed by atoms with Crippen molar-refractivity contribution in [2.75, 3.05) is 13.7 Å². The number of ether oxygens (including phenoxy) is 1. The van der Waals surface area contributed by atoms with E-state index in [0.717, 1.165) is 35.0 Å². The predicted octanol–water partition coefficient (Wildman–Crippen LogP) is 3.85. The van der Waals surface area contributed by atoms with Crippen LogP contribution in [0.1, 0.15) is 40.4 Å². The van der Waals surface area contributed by atoms with Gasteiger partial charge < -0.3 is 14.7 Å². The van der Waals surface area contributed by atoms with E-state index in [0.29, 0.717) is 23.8 Å². The Morgan fingerprint density at radius 2 is 1.86 bits per heavy atom. The summed E-state index contributed by atoms with van der Waals surface area (Å²) in [6.45, 7) is 0.0592. The molecule has 4 rings (SSSR count). The van der Waals surface area contributed by atoms with Gasteiger partial charge in [-0.15, -0.1) is 0 Å². The van der Waals surface area contributed by atoms with Crippen molar-refractivity contribution in [2.24, 2.45) is 0 Å². The van der Waals surface area contributed by atoms with Gasteiger partial charge in [-0.3, -0.25) is 9.78 Å². The number of nitrogens with zero attached hydrogens (tertiary/aromatic N) is 2. The van der Waals surface area contributed by atoms with E-state index in [1.165, 1.54) is 0 Å². The first-order chi connectivity index (χ1) is 14.0. The second kappa shape index (κ2) is 7.91. The van der Waals surface area contributed by atoms with Crippen LogP contribution in [0.5, 0.6) is 5.75 Å². The van der Waals surface area contributed by atoms with E-state index in [-0.39, 0.29) is 12.5 Å². The van der Waals surface area contributed by atoms with Crippen LogP contribution in [0.15, 0.2) is 54.6 Å². The van der Waals surface area contributed by atoms with E-state index in [9.17, 15) is 9.59 Å². The molecule has 148 valence electrons. The zero-order valence-electron chi connectivity index (χ0n) is 16.2. The number of para-hydroxylation sites is 1. The Labute approximate surface area is 168 Å². The molecule has 6 heteroatoms. The minimum Gasteiger partial charge on any atom is -0.482 e. The fourth-order valence-corrected chi connectivity index (χ4v) is 3.35. The summed E-state index contributed by atoms with van der Waals surface area (Å²) >= 11 is 0. The fraction of sp³-hybridized carbons (Fsp3) is 0.261. The molecule has 1 amide bonds. The number of pyridine rings is 1. The van der Waals surface area contributed by atoms with Crippen LogP contribution in [0.4, 0.5) is 0 Å². The molecule has 1 aliphatic rings. The monoisotopic (exact) mass is 390 g/mol. The van der Waals surface area contributed by atoms with E-state index in [2.05, 4.69) is 0 Å². The largest absolute Gasteiger partial charge is 0.482 e. The molecule has 0 radical (unpaired) electrons. The summed E-state index contributed by atoms with van der Waals surface area (Å²) in [5.74, 6) is -0.111. The number of aromatic nitrogens is 1. The van der Waals surface area contributed by atoms with E-state index in [4.69, 9.17) is 14.8 Å². The quantitative estimate of drug-likeness (QED) is 0.663. The Bertz CT molecular complexity index is 1060. The molecule has 1 aromatic heterocycles. The van der Waals surface area contributed by atoms with Crippen LogP contribution in [-0.4, -0.2) is 40.5 Å². The number of fused-ring (bicyclic) bond motifs is 1. The molecule has 1 N–H and O–H groups in total. The Morgan fingerprint density at radius 1 is 1.14 bits per heavy atom. The van der Waals surface area contributed by atoms with Gasteiger partial charge in [-0.2, -0.15) is 0 Å². The molecule has 1 saturated carbocycles. The van der Waals surface area contributed by atoms with Crippen LogP contribution < -0.4 is 4.74 Å². The van der Waals surface area contributed by atoms with E-state index in [1.54, 1.807) is 24.1 Å². The predicted molar refractivity (Wildman–Crippen MR) is 109 cm³/mol. The van der Waals surface area contributed by atoms with Gasteiger partial charge in [0, 0.05) is 30.6 Å². The topological polar surface area (TPSA) is 79.7 Å². The maximum absolute atomic E-state index is 13.2. The van der Waals surface area contributed by atoms with Crippen LogP contribution in [0.25, 0.3) is 10.9 Å². The maximum Gasteiger partial charge on any atom is 0.341 e. The second-order valence-corrected chi connectivity index (χ2v) is 7.37. The molecule has 1 aliphatic carbocycles. The summed E-state index contributed by atoms with van der Waals surface area (Å²) in [5.41, 5.74) is 3.47. The van der Waals surface area contributed by atoms with Crippen LogP contribution in [0, 0.1) is 0 Å². The molecular weight excluding hydrogens is 368 g/mol. The third-order valence-corrected chi connectivity index (χ3v) is 5.01. The Morgan fingerprint density at radius 3 is 2.55 bits per heavy atom. The summed E-state index contributed by atoms with van der Waals surface area (Å²) in [7, 11) is 1.78. The molecule has 1 fully saturated rings. The lowest BCUT2D eigenvalue weighted by Gasteiger charge is -2.19. The summed E-state index contributed by atoms with van der Waals surface area (Å²) in [6.07, 6.45) is 2.26. The van der Waals surface area contributed by atoms with Gasteiger partial charge in [0.25, 0.3) is 5.91 Å². The highest BCUT2D eigenvalue weighted by Crippen LogP contribution is 2.40. The van der Waals surface area contributed by atoms with Gasteiger partial charge in [0.1, 0.15) is 5.75 Å². The number of hydrogen-bond donors (Lipinski definition) is 1. The van der Waals surface area contributed by atoms with Crippen molar-refractivity contribution in [3.8, 4) is 5.75 Å². The number of amides is 1. The lowest BCUT2D eigenvalue weighted by atomic mass is 10.0. The molecule has 0 spiro atoms. The molecule has 0 aliphatic heterocycles. The third kappa shape index (κ3) is 4.37. The molecule has 0 unspecified atom stereocenters. The molecule has 0 bridgehead atoms. The molecule has 2 aromatic carbocycles. The van der Waals surface area contributed by atoms with Gasteiger partial charge >= 0.3 is 5.97 Å². The van der Waals surface area contributed by atoms with Gasteiger partial charge in [-0.1, -0.05) is 30.3 Å². The zero-order valence-corrected chi connectivity index (χ0v) is 16.2. The van der Waals surface area contributed by atoms with E-state index >= 15 is 0 Å². The summed E-state index contributed by atoms with van der Waals surface area (Å²) < 4.78 is 5.15. The first kappa shape index (κ1) is 18.9. The number of hydrogen-bond acceptors (Lipinski definition) is 4. The van der Waals surface area contributed by atoms with Crippen molar-refractivity contribution < 1.29 is 19.4 Å². The highest BCUT2D eigenvalue weighted by molar-refractivity contribution is 6.06. The normalized spacial score (nSPS) is 13.3. The highest BCUT2D eigenvalue weighted by Gasteiger charge is 2.27. The van der Waals surface area contributed by atoms with Crippen LogP contribution in [0.3, 0.4) is 0 Å². The van der Waals surface area contributed by atoms with Crippen molar-refractivity contribution in [1.29, 1.82) is 0 Å². The molecular formula is C23H22N2O4. The van der Waals surface area contributed by atoms with E-state index in [1.807, 2.05) is 42.5 Å². The minimum atomic E-state index is -1.02. The van der Waals surface area contributed by atoms with Crippen LogP contribution in [0.2, 0.25) is 0 Å². The Balaban J connectivity index is 1.53. The number of carbonyl (C=O) groups excluding carboxylic acids is 1. The van der Waals surface area contributed by atoms with Crippen molar-refractivity contribution in [2.45, 2.75) is 25.3 Å². The lowest BCUT2D eigenvalue weighted by Crippen LogP contribution is -2.26. The van der Waals surface area contributed by atoms with Crippen LogP contribution >= 0.6 is 0 Å². The summed E-state index contributed by atoms with van der Waals surface area (Å²) in [5, 5.41) is 9.54. The van der Waals surface area contributed by atoms with Crippen LogP contribution in [-0.2, 0) is 11.3 Å². The smallest absolute Gasteiger partial charge is 0.341 e. The number of carbonyl (C=O) groups is 2. The molecule has 0 atom stereocenters. The SMILES string of the molecule is CN(Cc1ccc(OCC(=O)O)cc1)C(=O)c1cc(C2CC2)nc2ccccc12. The van der Waals surface area contributed by atoms with Crippen molar-refractivity contribution in [1.82, 2.24) is 9.88 Å². The maximum atomic E-state index is 13.2. The van der Waals surface area contributed by atoms with Gasteiger partial charge in [0.05, 0.1) is 11.1 Å². The molecule has 1 heterocycles. The molecule has 6 nitrogen and oxygen atoms in total. The minimum absolute atomic E-state index is 0.0447. The average Bonchev–Trinajstić information content (AvgIpc) is 3.57. The number of aliphatic carboxylic acids is 1. The average molecular weight is 390 g/mol. The number of rotatable bonds is 7. The molecule has 0 saturated heterocycles. The highest BCUT2D eigenvalue weighted by atomic mass is 16.5. The Hall–Kier alpha value is -3.41. The summed E-state index contributed by atoms with van der Waals surface area (Å²) in [6, 6.07) is 16.8. The van der Waals surface area contributed by atoms with Crippen molar-refractivity contribution in [3.05, 3.63) is 71.4 Å². The van der Waals surface area contributed by atoms with E-state index < -0.39 is 5.97 Å². The fourth-order valence-electron chi connectivity index (χ4n) is 3.35.